The second-order valence-electron chi connectivity index (χ2n) is 10.7. The van der Waals surface area contributed by atoms with Crippen molar-refractivity contribution in [2.24, 2.45) is 0 Å². The molecule has 0 spiro atoms. The smallest absolute Gasteiger partial charge is 0.307 e. The number of anilines is 4. The van der Waals surface area contributed by atoms with Crippen LogP contribution in [-0.2, 0) is 22.4 Å². The summed E-state index contributed by atoms with van der Waals surface area (Å²) in [6, 6.07) is 34.7. The van der Waals surface area contributed by atoms with Crippen LogP contribution in [0.3, 0.4) is 0 Å². The van der Waals surface area contributed by atoms with Crippen molar-refractivity contribution < 1.29 is 25.3 Å². The predicted octanol–water partition coefficient (Wildman–Crippen LogP) is 6.28. The number of benzene rings is 4. The second-order valence-corrected chi connectivity index (χ2v) is 10.7. The molecule has 240 valence electrons. The fourth-order valence-electron chi connectivity index (χ4n) is 4.52. The average Bonchev–Trinajstić information content (AvgIpc) is 3.70. The zero-order valence-corrected chi connectivity index (χ0v) is 26.0. The van der Waals surface area contributed by atoms with Gasteiger partial charge in [0.25, 0.3) is 0 Å². The minimum atomic E-state index is -0.831. The van der Waals surface area contributed by atoms with Gasteiger partial charge in [-0.3, -0.25) is 9.59 Å². The summed E-state index contributed by atoms with van der Waals surface area (Å²) in [6.07, 6.45) is 3.85. The fourth-order valence-corrected chi connectivity index (χ4v) is 4.52. The van der Waals surface area contributed by atoms with Gasteiger partial charge < -0.3 is 26.3 Å². The number of rotatable bonds is 10. The van der Waals surface area contributed by atoms with E-state index in [4.69, 9.17) is 10.2 Å². The van der Waals surface area contributed by atoms with Crippen molar-refractivity contribution in [2.75, 3.05) is 10.6 Å². The number of aryl methyl sites for hydroxylation is 2. The van der Waals surface area contributed by atoms with Gasteiger partial charge in [-0.2, -0.15) is 10.2 Å². The first-order valence-corrected chi connectivity index (χ1v) is 14.6. The van der Waals surface area contributed by atoms with Gasteiger partial charge in [-0.1, -0.05) is 59.7 Å². The van der Waals surface area contributed by atoms with E-state index in [-0.39, 0.29) is 18.3 Å². The summed E-state index contributed by atoms with van der Waals surface area (Å²) in [5, 5.41) is 32.9. The molecule has 2 heterocycles. The molecule has 11 heteroatoms. The fraction of sp³-hybridized carbons (Fsp3) is 0.111. The van der Waals surface area contributed by atoms with Crippen molar-refractivity contribution in [3.05, 3.63) is 144 Å². The number of aliphatic carboxylic acids is 2. The Morgan fingerprint density at radius 1 is 0.553 bits per heavy atom. The van der Waals surface area contributed by atoms with E-state index in [9.17, 15) is 9.59 Å². The summed E-state index contributed by atoms with van der Waals surface area (Å²) in [7, 11) is 0. The highest BCUT2D eigenvalue weighted by Gasteiger charge is 2.05. The van der Waals surface area contributed by atoms with Crippen LogP contribution < -0.4 is 10.6 Å². The Balaban J connectivity index is 0.000000208. The quantitative estimate of drug-likeness (QED) is 0.137. The maximum Gasteiger partial charge on any atom is 0.307 e. The topological polar surface area (TPSA) is 166 Å². The van der Waals surface area contributed by atoms with Gasteiger partial charge in [0.2, 0.25) is 0 Å². The van der Waals surface area contributed by atoms with Crippen molar-refractivity contribution >= 4 is 34.9 Å². The Morgan fingerprint density at radius 3 is 1.21 bits per heavy atom. The lowest BCUT2D eigenvalue weighted by Gasteiger charge is -2.05. The van der Waals surface area contributed by atoms with Gasteiger partial charge in [0.1, 0.15) is 0 Å². The summed E-state index contributed by atoms with van der Waals surface area (Å²) in [4.78, 5) is 21.3. The Bertz CT molecular complexity index is 1750. The number of carboxylic acids is 2. The van der Waals surface area contributed by atoms with Crippen LogP contribution in [0.4, 0.5) is 23.0 Å². The second kappa shape index (κ2) is 15.7. The predicted molar refractivity (Wildman–Crippen MR) is 182 cm³/mol. The Kier molecular flexibility index (Phi) is 11.2. The molecule has 0 atom stereocenters. The van der Waals surface area contributed by atoms with Gasteiger partial charge in [-0.05, 0) is 73.5 Å². The average molecular weight is 633 g/mol. The zero-order chi connectivity index (χ0) is 32.5. The van der Waals surface area contributed by atoms with E-state index in [1.807, 2.05) is 111 Å². The first-order chi connectivity index (χ1) is 22.2. The summed E-state index contributed by atoms with van der Waals surface area (Å²) in [5.74, 6) is -0.196. The molecule has 0 saturated heterocycles. The van der Waals surface area contributed by atoms with Crippen LogP contribution in [0, 0.1) is 13.8 Å². The van der Waals surface area contributed by atoms with E-state index >= 15 is 0 Å². The van der Waals surface area contributed by atoms with Gasteiger partial charge in [0.15, 0.2) is 11.6 Å². The van der Waals surface area contributed by atoms with E-state index in [0.717, 1.165) is 45.5 Å². The molecule has 47 heavy (non-hydrogen) atoms. The maximum absolute atomic E-state index is 10.7. The van der Waals surface area contributed by atoms with Crippen molar-refractivity contribution in [3.8, 4) is 11.4 Å². The Hall–Kier alpha value is -6.20. The molecular weight excluding hydrogens is 596 g/mol. The van der Waals surface area contributed by atoms with Crippen molar-refractivity contribution in [1.82, 2.24) is 19.6 Å². The lowest BCUT2D eigenvalue weighted by molar-refractivity contribution is -0.137. The molecule has 11 nitrogen and oxygen atoms in total. The standard InChI is InChI=1S/2C18H17N3O2.H2O/c2*1-13-2-8-16(9-3-13)21-11-10-17(20-21)19-15-6-4-14(5-7-15)12-18(22)23;/h2*2-11H,12H2,1H3,(H,19,20)(H,22,23);1H2. The number of nitrogens with zero attached hydrogens (tertiary/aromatic N) is 4. The molecule has 0 amide bonds. The van der Waals surface area contributed by atoms with Crippen molar-refractivity contribution in [2.45, 2.75) is 26.7 Å². The molecule has 0 aliphatic heterocycles. The van der Waals surface area contributed by atoms with Crippen LogP contribution in [0.2, 0.25) is 0 Å². The van der Waals surface area contributed by atoms with Crippen LogP contribution in [0.25, 0.3) is 11.4 Å². The monoisotopic (exact) mass is 632 g/mol. The number of nitrogens with one attached hydrogen (secondary N) is 2. The molecule has 4 aromatic carbocycles. The van der Waals surface area contributed by atoms with Gasteiger partial charge >= 0.3 is 11.9 Å². The summed E-state index contributed by atoms with van der Waals surface area (Å²) < 4.78 is 3.61. The minimum Gasteiger partial charge on any atom is -0.481 e. The number of hydrogen-bond donors (Lipinski definition) is 4. The molecule has 6 N–H and O–H groups in total. The molecule has 0 saturated carbocycles. The van der Waals surface area contributed by atoms with E-state index in [1.165, 1.54) is 11.1 Å². The first-order valence-electron chi connectivity index (χ1n) is 14.6. The third-order valence-electron chi connectivity index (χ3n) is 6.94. The number of carbonyl (C=O) groups is 2. The molecule has 6 aromatic rings. The highest BCUT2D eigenvalue weighted by Crippen LogP contribution is 2.19. The molecule has 2 aromatic heterocycles. The number of carboxylic acid groups (broad SMARTS) is 2. The Labute approximate surface area is 272 Å². The Morgan fingerprint density at radius 2 is 0.894 bits per heavy atom. The van der Waals surface area contributed by atoms with Crippen LogP contribution in [0.15, 0.2) is 122 Å². The molecule has 0 aliphatic rings. The summed E-state index contributed by atoms with van der Waals surface area (Å²) in [6.45, 7) is 4.10. The van der Waals surface area contributed by atoms with E-state index in [0.29, 0.717) is 0 Å². The summed E-state index contributed by atoms with van der Waals surface area (Å²) in [5.41, 5.74) is 7.70. The lowest BCUT2D eigenvalue weighted by Crippen LogP contribution is -2.00. The molecule has 0 unspecified atom stereocenters. The van der Waals surface area contributed by atoms with Gasteiger partial charge in [0.05, 0.1) is 24.2 Å². The third kappa shape index (κ3) is 9.90. The van der Waals surface area contributed by atoms with Crippen LogP contribution in [0.5, 0.6) is 0 Å². The van der Waals surface area contributed by atoms with Crippen LogP contribution >= 0.6 is 0 Å². The lowest BCUT2D eigenvalue weighted by atomic mass is 10.1. The first kappa shape index (κ1) is 33.7. The largest absolute Gasteiger partial charge is 0.481 e. The van der Waals surface area contributed by atoms with Crippen molar-refractivity contribution in [1.29, 1.82) is 0 Å². The number of hydrogen-bond acceptors (Lipinski definition) is 6. The van der Waals surface area contributed by atoms with Gasteiger partial charge in [-0.25, -0.2) is 9.36 Å². The highest BCUT2D eigenvalue weighted by atomic mass is 16.4. The van der Waals surface area contributed by atoms with Gasteiger partial charge in [-0.15, -0.1) is 0 Å². The molecule has 6 rings (SSSR count). The normalized spacial score (nSPS) is 10.3. The summed E-state index contributed by atoms with van der Waals surface area (Å²) >= 11 is 0. The van der Waals surface area contributed by atoms with Gasteiger partial charge in [0, 0.05) is 35.9 Å². The van der Waals surface area contributed by atoms with E-state index in [1.54, 1.807) is 33.6 Å². The molecule has 0 fully saturated rings. The SMILES string of the molecule is Cc1ccc(-n2ccc(Nc3ccc(CC(=O)O)cc3)n2)cc1.Cc1ccc(-n2ccc(Nc3ccc(CC(=O)O)cc3)n2)cc1.O. The molecule has 0 radical (unpaired) electrons. The highest BCUT2D eigenvalue weighted by molar-refractivity contribution is 5.71. The molecule has 0 aliphatic carbocycles. The van der Waals surface area contributed by atoms with Crippen LogP contribution in [0.1, 0.15) is 22.3 Å². The number of aromatic nitrogens is 4. The van der Waals surface area contributed by atoms with Crippen molar-refractivity contribution in [3.63, 3.8) is 0 Å². The minimum absolute atomic E-state index is 0. The zero-order valence-electron chi connectivity index (χ0n) is 26.0. The van der Waals surface area contributed by atoms with E-state index in [2.05, 4.69) is 20.8 Å². The van der Waals surface area contributed by atoms with E-state index < -0.39 is 11.9 Å². The maximum atomic E-state index is 10.7. The third-order valence-corrected chi connectivity index (χ3v) is 6.94. The molecule has 0 bridgehead atoms. The van der Waals surface area contributed by atoms with Crippen LogP contribution in [-0.4, -0.2) is 47.2 Å². The molecular formula is C36H36N6O5.